The zero-order chi connectivity index (χ0) is 8.91. The molecule has 14 heavy (non-hydrogen) atoms. The van der Waals surface area contributed by atoms with Gasteiger partial charge in [-0.15, -0.1) is 0 Å². The molecule has 0 rings (SSSR count). The zero-order valence-electron chi connectivity index (χ0n) is 9.91. The molecule has 0 radical (unpaired) electrons. The minimum absolute atomic E-state index is 0. The third kappa shape index (κ3) is 14.1. The predicted molar refractivity (Wildman–Crippen MR) is 52.0 cm³/mol. The second kappa shape index (κ2) is 15.1. The van der Waals surface area contributed by atoms with Crippen molar-refractivity contribution in [1.82, 2.24) is 0 Å². The van der Waals surface area contributed by atoms with Gasteiger partial charge in [-0.25, -0.2) is 10.1 Å². The van der Waals surface area contributed by atoms with Gasteiger partial charge < -0.3 is 27.7 Å². The normalized spacial score (nSPS) is 9.86. The average Bonchev–Trinajstić information content (AvgIpc) is 1.85. The smallest absolute Gasteiger partial charge is 0.854 e. The largest absolute Gasteiger partial charge is 1.00 e. The fourth-order valence-electron chi connectivity index (χ4n) is 0.797. The summed E-state index contributed by atoms with van der Waals surface area (Å²) in [5.74, 6) is 1.50. The Morgan fingerprint density at radius 2 is 1.29 bits per heavy atom. The fourth-order valence-corrected chi connectivity index (χ4v) is 6.17. The Kier molecular flexibility index (Phi) is 28.7. The third-order valence-electron chi connectivity index (χ3n) is 1.20. The van der Waals surface area contributed by atoms with Crippen molar-refractivity contribution < 1.29 is 98.5 Å². The van der Waals surface area contributed by atoms with E-state index in [-0.39, 0.29) is 88.7 Å². The average molecular weight is 282 g/mol. The quantitative estimate of drug-likeness (QED) is 0.292. The summed E-state index contributed by atoms with van der Waals surface area (Å²) < 4.78 is 0. The maximum atomic E-state index is 11.0. The van der Waals surface area contributed by atoms with Gasteiger partial charge in [-0.05, 0) is 24.3 Å². The molecule has 0 amide bonds. The van der Waals surface area contributed by atoms with Crippen LogP contribution in [0.2, 0.25) is 0 Å². The molecule has 0 unspecified atom stereocenters. The first-order valence-electron chi connectivity index (χ1n) is 3.72. The van der Waals surface area contributed by atoms with Crippen LogP contribution in [0.1, 0.15) is 26.7 Å². The molecule has 0 aliphatic heterocycles. The van der Waals surface area contributed by atoms with Crippen LogP contribution in [-0.4, -0.2) is 11.5 Å². The van der Waals surface area contributed by atoms with E-state index in [1.54, 1.807) is 0 Å². The molecule has 0 atom stereocenters. The number of hydrogen-bond acceptors (Lipinski definition) is 3. The van der Waals surface area contributed by atoms with Crippen LogP contribution in [0, 0.1) is 0 Å². The second-order valence-corrected chi connectivity index (χ2v) is 10.1. The van der Waals surface area contributed by atoms with Gasteiger partial charge in [0.05, 0.1) is 0 Å². The standard InChI is InChI=1S/C6H14O2PS2.3Na/c1-3-5-11(6-4-2)9(7,8)10;;;/h3-6H2,1-2H3;;;/q-3;3*+1. The van der Waals surface area contributed by atoms with Gasteiger partial charge in [0.25, 0.3) is 0 Å². The molecule has 0 bridgehead atoms. The van der Waals surface area contributed by atoms with Gasteiger partial charge in [0.1, 0.15) is 0 Å². The van der Waals surface area contributed by atoms with E-state index in [0.717, 1.165) is 24.3 Å². The first-order chi connectivity index (χ1) is 5.02. The number of rotatable bonds is 4. The number of hydrogen-bond donors (Lipinski definition) is 0. The molecule has 0 aliphatic rings. The van der Waals surface area contributed by atoms with E-state index in [2.05, 4.69) is 12.2 Å². The Labute approximate surface area is 162 Å². The minimum atomic E-state index is -3.45. The molecule has 8 heteroatoms. The summed E-state index contributed by atoms with van der Waals surface area (Å²) in [6.45, 7) is 3.97. The molecule has 0 N–H and O–H groups in total. The van der Waals surface area contributed by atoms with Crippen LogP contribution in [0.3, 0.4) is 0 Å². The van der Waals surface area contributed by atoms with Crippen molar-refractivity contribution >= 4 is 28.0 Å². The zero-order valence-corrected chi connectivity index (χ0v) is 18.4. The summed E-state index contributed by atoms with van der Waals surface area (Å²) in [6, 6.07) is 0. The minimum Gasteiger partial charge on any atom is -0.854 e. The van der Waals surface area contributed by atoms with E-state index in [1.807, 2.05) is 13.8 Å². The van der Waals surface area contributed by atoms with E-state index < -0.39 is 15.8 Å². The van der Waals surface area contributed by atoms with Crippen LogP contribution in [0.5, 0.6) is 0 Å². The summed E-state index contributed by atoms with van der Waals surface area (Å²) in [6.07, 6.45) is 1.82. The van der Waals surface area contributed by atoms with Gasteiger partial charge in [0, 0.05) is 0 Å². The molecule has 0 saturated carbocycles. The first kappa shape index (κ1) is 26.6. The van der Waals surface area contributed by atoms with Gasteiger partial charge in [-0.2, -0.15) is 0 Å². The van der Waals surface area contributed by atoms with Crippen molar-refractivity contribution in [3.05, 3.63) is 0 Å². The molecule has 70 valence electrons. The van der Waals surface area contributed by atoms with Crippen molar-refractivity contribution in [3.8, 4) is 0 Å². The van der Waals surface area contributed by atoms with Gasteiger partial charge in [0.2, 0.25) is 0 Å². The molecule has 0 aromatic heterocycles. The van der Waals surface area contributed by atoms with E-state index in [1.165, 1.54) is 0 Å². The molecule has 2 nitrogen and oxygen atoms in total. The SMILES string of the molecule is CCCS(CCC)=P([O-])([O-])[S-].[Na+].[Na+].[Na+]. The molecular formula is C6H14Na3O2PS2. The van der Waals surface area contributed by atoms with Gasteiger partial charge >= 0.3 is 88.7 Å². The van der Waals surface area contributed by atoms with Crippen LogP contribution >= 0.6 is 5.69 Å². The Morgan fingerprint density at radius 3 is 1.43 bits per heavy atom. The van der Waals surface area contributed by atoms with E-state index in [9.17, 15) is 9.79 Å². The summed E-state index contributed by atoms with van der Waals surface area (Å²) in [7, 11) is -0.527. The molecule has 0 aromatic rings. The molecule has 0 aromatic carbocycles. The molecular weight excluding hydrogens is 268 g/mol. The summed E-state index contributed by atoms with van der Waals surface area (Å²) in [5.41, 5.74) is -3.45. The van der Waals surface area contributed by atoms with Crippen molar-refractivity contribution in [1.29, 1.82) is 0 Å². The van der Waals surface area contributed by atoms with Crippen LogP contribution in [0.25, 0.3) is 0 Å². The molecule has 0 spiro atoms. The van der Waals surface area contributed by atoms with Crippen molar-refractivity contribution in [2.75, 3.05) is 11.5 Å². The Bertz CT molecular complexity index is 158. The van der Waals surface area contributed by atoms with Gasteiger partial charge in [0.15, 0.2) is 0 Å². The van der Waals surface area contributed by atoms with Crippen molar-refractivity contribution in [2.45, 2.75) is 26.7 Å². The van der Waals surface area contributed by atoms with Crippen LogP contribution in [-0.2, 0) is 22.3 Å². The molecule has 0 heterocycles. The monoisotopic (exact) mass is 282 g/mol. The van der Waals surface area contributed by atoms with Crippen LogP contribution in [0.4, 0.5) is 0 Å². The second-order valence-electron chi connectivity index (χ2n) is 2.32. The molecule has 0 aliphatic carbocycles. The van der Waals surface area contributed by atoms with Crippen LogP contribution in [0.15, 0.2) is 0 Å². The predicted octanol–water partition coefficient (Wildman–Crippen LogP) is -8.62. The maximum Gasteiger partial charge on any atom is 1.00 e. The Morgan fingerprint density at radius 1 is 1.00 bits per heavy atom. The topological polar surface area (TPSA) is 46.1 Å². The summed E-state index contributed by atoms with van der Waals surface area (Å²) in [5, 5.41) is 0. The van der Waals surface area contributed by atoms with Gasteiger partial charge in [-0.3, -0.25) is 0 Å². The summed E-state index contributed by atoms with van der Waals surface area (Å²) in [4.78, 5) is 21.9. The van der Waals surface area contributed by atoms with E-state index >= 15 is 0 Å². The van der Waals surface area contributed by atoms with Crippen molar-refractivity contribution in [2.24, 2.45) is 0 Å². The van der Waals surface area contributed by atoms with Crippen molar-refractivity contribution in [3.63, 3.8) is 0 Å². The fraction of sp³-hybridized carbons (Fsp3) is 1.00. The van der Waals surface area contributed by atoms with Crippen LogP contribution < -0.4 is 98.5 Å². The van der Waals surface area contributed by atoms with E-state index in [4.69, 9.17) is 0 Å². The van der Waals surface area contributed by atoms with Gasteiger partial charge in [-0.1, -0.05) is 13.8 Å². The summed E-state index contributed by atoms with van der Waals surface area (Å²) >= 11 is 4.45. The maximum absolute atomic E-state index is 11.0. The molecule has 0 fully saturated rings. The first-order valence-corrected chi connectivity index (χ1v) is 8.53. The third-order valence-corrected chi connectivity index (χ3v) is 8.48. The Hall–Kier alpha value is 4.05. The Balaban J connectivity index is -0.000000167. The van der Waals surface area contributed by atoms with E-state index in [0.29, 0.717) is 0 Å². The molecule has 0 saturated heterocycles.